The van der Waals surface area contributed by atoms with Crippen LogP contribution in [0.1, 0.15) is 10.4 Å². The van der Waals surface area contributed by atoms with Crippen molar-refractivity contribution in [3.05, 3.63) is 35.9 Å². The Morgan fingerprint density at radius 3 is 2.38 bits per heavy atom. The van der Waals surface area contributed by atoms with Gasteiger partial charge in [-0.2, -0.15) is 8.78 Å². The van der Waals surface area contributed by atoms with Crippen LogP contribution < -0.4 is 0 Å². The summed E-state index contributed by atoms with van der Waals surface area (Å²) in [5, 5.41) is 6.57. The van der Waals surface area contributed by atoms with Crippen molar-refractivity contribution in [3.63, 3.8) is 0 Å². The zero-order valence-electron chi connectivity index (χ0n) is 10.4. The van der Waals surface area contributed by atoms with E-state index in [-0.39, 0.29) is 5.56 Å². The maximum atomic E-state index is 12.9. The van der Waals surface area contributed by atoms with Gasteiger partial charge in [0, 0.05) is 0 Å². The molecule has 0 amide bonds. The van der Waals surface area contributed by atoms with Crippen LogP contribution in [0.3, 0.4) is 0 Å². The minimum absolute atomic E-state index is 0.276. The van der Waals surface area contributed by atoms with Crippen molar-refractivity contribution in [1.82, 2.24) is 0 Å². The molecule has 0 fully saturated rings. The lowest BCUT2D eigenvalue weighted by Crippen LogP contribution is -2.28. The molecule has 0 unspecified atom stereocenters. The van der Waals surface area contributed by atoms with E-state index in [1.807, 2.05) is 0 Å². The summed E-state index contributed by atoms with van der Waals surface area (Å²) < 4.78 is 38.2. The van der Waals surface area contributed by atoms with Crippen molar-refractivity contribution < 1.29 is 42.5 Å². The second-order valence-corrected chi connectivity index (χ2v) is 4.20. The molecule has 116 valence electrons. The molecule has 1 N–H and O–H groups in total. The van der Waals surface area contributed by atoms with E-state index in [9.17, 15) is 18.4 Å². The maximum absolute atomic E-state index is 12.9. The number of ether oxygens (including phenoxy) is 2. The van der Waals surface area contributed by atoms with Crippen LogP contribution in [-0.2, 0) is 23.6 Å². The molecule has 0 heterocycles. The summed E-state index contributed by atoms with van der Waals surface area (Å²) >= 11 is -0.740. The van der Waals surface area contributed by atoms with Crippen LogP contribution in [0.2, 0.25) is 0 Å². The van der Waals surface area contributed by atoms with Crippen LogP contribution >= 0.6 is 12.0 Å². The zero-order valence-corrected chi connectivity index (χ0v) is 11.2. The number of carbonyl (C=O) groups excluding carboxylic acids is 2. The standard InChI is InChI=1S/C11H10F2O7S/c12-11(13,21-20-19-16)10(15)18-7-6-17-9(14)8-4-2-1-3-5-8/h1-5,16H,6-7H2. The smallest absolute Gasteiger partial charge is 0.415 e. The van der Waals surface area contributed by atoms with Crippen LogP contribution in [0.5, 0.6) is 0 Å². The van der Waals surface area contributed by atoms with E-state index in [0.717, 1.165) is 0 Å². The molecule has 1 rings (SSSR count). The fraction of sp³-hybridized carbons (Fsp3) is 0.273. The van der Waals surface area contributed by atoms with Crippen molar-refractivity contribution >= 4 is 24.0 Å². The summed E-state index contributed by atoms with van der Waals surface area (Å²) in [6, 6.07) is 7.96. The minimum Gasteiger partial charge on any atom is -0.458 e. The largest absolute Gasteiger partial charge is 0.458 e. The Kier molecular flexibility index (Phi) is 7.02. The average Bonchev–Trinajstić information content (AvgIpc) is 2.50. The van der Waals surface area contributed by atoms with Crippen molar-refractivity contribution in [2.24, 2.45) is 0 Å². The third-order valence-electron chi connectivity index (χ3n) is 1.97. The number of esters is 2. The lowest BCUT2D eigenvalue weighted by atomic mass is 10.2. The van der Waals surface area contributed by atoms with Crippen LogP contribution in [0.25, 0.3) is 0 Å². The van der Waals surface area contributed by atoms with Crippen LogP contribution in [0.4, 0.5) is 8.78 Å². The molecule has 0 saturated carbocycles. The van der Waals surface area contributed by atoms with E-state index in [1.54, 1.807) is 18.2 Å². The van der Waals surface area contributed by atoms with Crippen molar-refractivity contribution in [1.29, 1.82) is 0 Å². The van der Waals surface area contributed by atoms with Gasteiger partial charge in [-0.1, -0.05) is 23.2 Å². The van der Waals surface area contributed by atoms with E-state index in [0.29, 0.717) is 0 Å². The molecule has 7 nitrogen and oxygen atoms in total. The number of alkyl halides is 2. The Hall–Kier alpha value is -1.75. The molecule has 21 heavy (non-hydrogen) atoms. The summed E-state index contributed by atoms with van der Waals surface area (Å²) in [6.45, 7) is -0.953. The summed E-state index contributed by atoms with van der Waals surface area (Å²) in [4.78, 5) is 22.4. The molecule has 0 radical (unpaired) electrons. The predicted octanol–water partition coefficient (Wildman–Crippen LogP) is 2.05. The van der Waals surface area contributed by atoms with Crippen molar-refractivity contribution in [2.45, 2.75) is 5.25 Å². The lowest BCUT2D eigenvalue weighted by molar-refractivity contribution is -0.433. The average molecular weight is 324 g/mol. The monoisotopic (exact) mass is 324 g/mol. The fourth-order valence-corrected chi connectivity index (χ4v) is 1.35. The first kappa shape index (κ1) is 17.3. The van der Waals surface area contributed by atoms with E-state index in [4.69, 9.17) is 9.99 Å². The molecule has 0 saturated heterocycles. The van der Waals surface area contributed by atoms with E-state index < -0.39 is 42.4 Å². The molecule has 1 aromatic rings. The highest BCUT2D eigenvalue weighted by atomic mass is 32.2. The normalized spacial score (nSPS) is 11.0. The molecular weight excluding hydrogens is 314 g/mol. The second-order valence-electron chi connectivity index (χ2n) is 3.38. The van der Waals surface area contributed by atoms with Gasteiger partial charge in [-0.05, 0) is 12.1 Å². The molecule has 0 aliphatic rings. The molecule has 10 heteroatoms. The van der Waals surface area contributed by atoms with E-state index >= 15 is 0 Å². The fourth-order valence-electron chi connectivity index (χ4n) is 1.10. The van der Waals surface area contributed by atoms with Gasteiger partial charge in [-0.15, -0.1) is 4.33 Å². The molecule has 0 aliphatic carbocycles. The molecule has 0 bridgehead atoms. The molecular formula is C11H10F2O7S. The van der Waals surface area contributed by atoms with Crippen molar-refractivity contribution in [2.75, 3.05) is 13.2 Å². The Bertz CT molecular complexity index is 469. The van der Waals surface area contributed by atoms with Gasteiger partial charge in [-0.3, -0.25) is 0 Å². The van der Waals surface area contributed by atoms with Crippen LogP contribution in [0.15, 0.2) is 30.3 Å². The van der Waals surface area contributed by atoms with E-state index in [1.165, 1.54) is 12.1 Å². The highest BCUT2D eigenvalue weighted by Gasteiger charge is 2.44. The minimum atomic E-state index is -4.08. The number of halogens is 2. The van der Waals surface area contributed by atoms with Gasteiger partial charge in [0.2, 0.25) is 0 Å². The first-order valence-corrected chi connectivity index (χ1v) is 6.14. The third kappa shape index (κ3) is 6.04. The summed E-state index contributed by atoms with van der Waals surface area (Å²) in [5.41, 5.74) is 0.276. The molecule has 0 spiro atoms. The number of carbonyl (C=O) groups is 2. The van der Waals surface area contributed by atoms with Crippen LogP contribution in [-0.4, -0.2) is 35.7 Å². The molecule has 0 atom stereocenters. The SMILES string of the molecule is O=C(OCCOC(=O)C(F)(F)SOOO)c1ccccc1. The van der Waals surface area contributed by atoms with Crippen LogP contribution in [0, 0.1) is 0 Å². The van der Waals surface area contributed by atoms with Gasteiger partial charge >= 0.3 is 17.2 Å². The number of hydrogen-bond donors (Lipinski definition) is 1. The van der Waals surface area contributed by atoms with Crippen molar-refractivity contribution in [3.8, 4) is 0 Å². The Morgan fingerprint density at radius 2 is 1.76 bits per heavy atom. The Balaban J connectivity index is 2.28. The lowest BCUT2D eigenvalue weighted by Gasteiger charge is -2.12. The second kappa shape index (κ2) is 8.52. The summed E-state index contributed by atoms with van der Waals surface area (Å²) in [7, 11) is 0. The van der Waals surface area contributed by atoms with Gasteiger partial charge in [0.15, 0.2) is 0 Å². The molecule has 1 aromatic carbocycles. The highest BCUT2D eigenvalue weighted by molar-refractivity contribution is 7.96. The highest BCUT2D eigenvalue weighted by Crippen LogP contribution is 2.31. The first-order valence-electron chi connectivity index (χ1n) is 5.40. The number of hydrogen-bond acceptors (Lipinski definition) is 8. The third-order valence-corrected chi connectivity index (χ3v) is 2.47. The summed E-state index contributed by atoms with van der Waals surface area (Å²) in [5.74, 6) is -2.61. The zero-order chi connectivity index (χ0) is 15.7. The number of benzene rings is 1. The number of rotatable bonds is 8. The quantitative estimate of drug-likeness (QED) is 0.255. The van der Waals surface area contributed by atoms with E-state index in [2.05, 4.69) is 14.1 Å². The van der Waals surface area contributed by atoms with Gasteiger partial charge in [0.25, 0.3) is 0 Å². The van der Waals surface area contributed by atoms with Gasteiger partial charge in [-0.25, -0.2) is 14.8 Å². The van der Waals surface area contributed by atoms with Gasteiger partial charge < -0.3 is 9.47 Å². The maximum Gasteiger partial charge on any atom is 0.415 e. The Morgan fingerprint density at radius 1 is 1.14 bits per heavy atom. The first-order chi connectivity index (χ1) is 9.97. The Labute approximate surface area is 121 Å². The summed E-state index contributed by atoms with van der Waals surface area (Å²) in [6.07, 6.45) is 0. The molecule has 0 aliphatic heterocycles. The van der Waals surface area contributed by atoms with Gasteiger partial charge in [0.05, 0.1) is 5.56 Å². The molecule has 0 aromatic heterocycles. The predicted molar refractivity (Wildman–Crippen MR) is 65.0 cm³/mol. The van der Waals surface area contributed by atoms with Gasteiger partial charge in [0.1, 0.15) is 25.3 Å². The topological polar surface area (TPSA) is 91.3 Å².